The number of benzene rings is 1. The van der Waals surface area contributed by atoms with E-state index in [-0.39, 0.29) is 5.82 Å². The van der Waals surface area contributed by atoms with Gasteiger partial charge in [0.2, 0.25) is 0 Å². The van der Waals surface area contributed by atoms with Gasteiger partial charge in [-0.3, -0.25) is 0 Å². The van der Waals surface area contributed by atoms with Crippen LogP contribution in [-0.2, 0) is 13.1 Å². The number of hydrogen-bond donors (Lipinski definition) is 1. The molecule has 3 nitrogen and oxygen atoms in total. The molecule has 2 aromatic rings. The van der Waals surface area contributed by atoms with Crippen molar-refractivity contribution in [3.63, 3.8) is 0 Å². The van der Waals surface area contributed by atoms with Gasteiger partial charge in [0.25, 0.3) is 0 Å². The van der Waals surface area contributed by atoms with Gasteiger partial charge in [0, 0.05) is 30.9 Å². The summed E-state index contributed by atoms with van der Waals surface area (Å²) in [6.07, 6.45) is 2.47. The molecule has 1 heterocycles. The third-order valence-electron chi connectivity index (χ3n) is 3.53. The average Bonchev–Trinajstić information content (AvgIpc) is 3.20. The van der Waals surface area contributed by atoms with E-state index in [0.717, 1.165) is 17.2 Å². The van der Waals surface area contributed by atoms with E-state index in [0.29, 0.717) is 12.5 Å². The highest BCUT2D eigenvalue weighted by atomic mass is 32.1. The van der Waals surface area contributed by atoms with Crippen molar-refractivity contribution in [2.45, 2.75) is 31.8 Å². The molecular weight excluding hydrogens is 273 g/mol. The minimum Gasteiger partial charge on any atom is -0.347 e. The van der Waals surface area contributed by atoms with E-state index in [1.807, 2.05) is 19.2 Å². The second-order valence-electron chi connectivity index (χ2n) is 5.27. The Balaban J connectivity index is 1.76. The molecule has 0 radical (unpaired) electrons. The van der Waals surface area contributed by atoms with Gasteiger partial charge in [0.05, 0.1) is 5.69 Å². The second-order valence-corrected chi connectivity index (χ2v) is 6.33. The van der Waals surface area contributed by atoms with Crippen LogP contribution in [0.4, 0.5) is 9.52 Å². The second kappa shape index (κ2) is 5.50. The predicted octanol–water partition coefficient (Wildman–Crippen LogP) is 3.25. The third kappa shape index (κ3) is 2.83. The highest BCUT2D eigenvalue weighted by Gasteiger charge is 2.29. The molecule has 106 valence electrons. The minimum absolute atomic E-state index is 0.202. The molecule has 1 aliphatic carbocycles. The molecule has 1 aromatic heterocycles. The molecule has 0 spiro atoms. The lowest BCUT2D eigenvalue weighted by Crippen LogP contribution is -2.16. The lowest BCUT2D eigenvalue weighted by atomic mass is 10.2. The number of hydrogen-bond acceptors (Lipinski definition) is 4. The van der Waals surface area contributed by atoms with Crippen LogP contribution >= 0.6 is 11.3 Å². The molecule has 1 fully saturated rings. The molecule has 0 aliphatic heterocycles. The van der Waals surface area contributed by atoms with Gasteiger partial charge in [-0.1, -0.05) is 12.1 Å². The molecule has 20 heavy (non-hydrogen) atoms. The fourth-order valence-corrected chi connectivity index (χ4v) is 3.25. The summed E-state index contributed by atoms with van der Waals surface area (Å²) in [6.45, 7) is 1.29. The number of anilines is 1. The van der Waals surface area contributed by atoms with E-state index in [2.05, 4.69) is 4.90 Å². The van der Waals surface area contributed by atoms with Crippen molar-refractivity contribution < 1.29 is 4.39 Å². The summed E-state index contributed by atoms with van der Waals surface area (Å²) in [6, 6.07) is 6.61. The van der Waals surface area contributed by atoms with E-state index in [1.165, 1.54) is 35.5 Å². The van der Waals surface area contributed by atoms with Crippen LogP contribution in [0.1, 0.15) is 34.9 Å². The largest absolute Gasteiger partial charge is 0.347 e. The van der Waals surface area contributed by atoms with Crippen LogP contribution < -0.4 is 10.6 Å². The van der Waals surface area contributed by atoms with Crippen LogP contribution in [0.25, 0.3) is 0 Å². The Morgan fingerprint density at radius 1 is 1.35 bits per heavy atom. The van der Waals surface area contributed by atoms with E-state index in [4.69, 9.17) is 10.7 Å². The number of nitrogens with two attached hydrogens (primary N) is 1. The summed E-state index contributed by atoms with van der Waals surface area (Å²) in [7, 11) is 2.01. The molecular formula is C15H18FN3S. The molecule has 0 atom stereocenters. The van der Waals surface area contributed by atoms with Crippen molar-refractivity contribution in [3.05, 3.63) is 46.2 Å². The fourth-order valence-electron chi connectivity index (χ4n) is 2.27. The first kappa shape index (κ1) is 13.5. The van der Waals surface area contributed by atoms with Crippen LogP contribution in [0.2, 0.25) is 0 Å². The van der Waals surface area contributed by atoms with Crippen LogP contribution in [0, 0.1) is 5.82 Å². The fraction of sp³-hybridized carbons (Fsp3) is 0.400. The van der Waals surface area contributed by atoms with E-state index in [1.54, 1.807) is 11.3 Å². The molecule has 3 rings (SSSR count). The third-order valence-corrected chi connectivity index (χ3v) is 4.73. The zero-order chi connectivity index (χ0) is 14.1. The Morgan fingerprint density at radius 3 is 2.65 bits per heavy atom. The smallest absolute Gasteiger partial charge is 0.185 e. The van der Waals surface area contributed by atoms with E-state index >= 15 is 0 Å². The van der Waals surface area contributed by atoms with Crippen LogP contribution in [0.5, 0.6) is 0 Å². The Labute approximate surface area is 122 Å². The normalized spacial score (nSPS) is 14.6. The molecule has 2 N–H and O–H groups in total. The van der Waals surface area contributed by atoms with Gasteiger partial charge in [-0.25, -0.2) is 9.37 Å². The monoisotopic (exact) mass is 291 g/mol. The first-order valence-electron chi connectivity index (χ1n) is 6.82. The summed E-state index contributed by atoms with van der Waals surface area (Å²) >= 11 is 1.67. The van der Waals surface area contributed by atoms with Crippen molar-refractivity contribution in [2.75, 3.05) is 11.9 Å². The average molecular weight is 291 g/mol. The van der Waals surface area contributed by atoms with Crippen molar-refractivity contribution in [2.24, 2.45) is 5.73 Å². The lowest BCUT2D eigenvalue weighted by Gasteiger charge is -2.15. The zero-order valence-electron chi connectivity index (χ0n) is 11.5. The van der Waals surface area contributed by atoms with Gasteiger partial charge in [-0.05, 0) is 30.5 Å². The van der Waals surface area contributed by atoms with Crippen LogP contribution in [-0.4, -0.2) is 12.0 Å². The number of rotatable bonds is 5. The minimum atomic E-state index is -0.202. The van der Waals surface area contributed by atoms with Gasteiger partial charge in [0.1, 0.15) is 5.82 Å². The van der Waals surface area contributed by atoms with Crippen molar-refractivity contribution in [1.82, 2.24) is 4.98 Å². The molecule has 1 saturated carbocycles. The maximum Gasteiger partial charge on any atom is 0.185 e. The molecule has 0 bridgehead atoms. The summed E-state index contributed by atoms with van der Waals surface area (Å²) in [5.74, 6) is 0.421. The van der Waals surface area contributed by atoms with Crippen molar-refractivity contribution in [3.8, 4) is 0 Å². The highest BCUT2D eigenvalue weighted by molar-refractivity contribution is 7.15. The number of thiazole rings is 1. The number of nitrogens with zero attached hydrogens (tertiary/aromatic N) is 2. The Bertz CT molecular complexity index is 590. The summed E-state index contributed by atoms with van der Waals surface area (Å²) < 4.78 is 12.9. The maximum atomic E-state index is 12.9. The maximum absolute atomic E-state index is 12.9. The lowest BCUT2D eigenvalue weighted by molar-refractivity contribution is 0.627. The molecule has 0 unspecified atom stereocenters. The van der Waals surface area contributed by atoms with Crippen molar-refractivity contribution >= 4 is 16.5 Å². The standard InChI is InChI=1S/C15H18FN3S/c1-19(9-10-2-6-12(16)7-3-10)15-18-14(11-4-5-11)13(8-17)20-15/h2-3,6-7,11H,4-5,8-9,17H2,1H3. The molecule has 5 heteroatoms. The zero-order valence-corrected chi connectivity index (χ0v) is 12.3. The van der Waals surface area contributed by atoms with Gasteiger partial charge in [-0.2, -0.15) is 0 Å². The highest BCUT2D eigenvalue weighted by Crippen LogP contribution is 2.44. The van der Waals surface area contributed by atoms with Crippen LogP contribution in [0.3, 0.4) is 0 Å². The Hall–Kier alpha value is -1.46. The predicted molar refractivity (Wildman–Crippen MR) is 80.5 cm³/mol. The van der Waals surface area contributed by atoms with Gasteiger partial charge < -0.3 is 10.6 Å². The number of aromatic nitrogens is 1. The molecule has 1 aromatic carbocycles. The van der Waals surface area contributed by atoms with Gasteiger partial charge >= 0.3 is 0 Å². The summed E-state index contributed by atoms with van der Waals surface area (Å²) in [5.41, 5.74) is 8.08. The molecule has 0 saturated heterocycles. The topological polar surface area (TPSA) is 42.2 Å². The molecule has 1 aliphatic rings. The first-order valence-corrected chi connectivity index (χ1v) is 7.64. The van der Waals surface area contributed by atoms with Crippen LogP contribution in [0.15, 0.2) is 24.3 Å². The quantitative estimate of drug-likeness (QED) is 0.919. The van der Waals surface area contributed by atoms with Gasteiger partial charge in [0.15, 0.2) is 5.13 Å². The van der Waals surface area contributed by atoms with Gasteiger partial charge in [-0.15, -0.1) is 11.3 Å². The molecule has 0 amide bonds. The summed E-state index contributed by atoms with van der Waals surface area (Å²) in [5, 5.41) is 0.997. The number of halogens is 1. The van der Waals surface area contributed by atoms with E-state index < -0.39 is 0 Å². The SMILES string of the molecule is CN(Cc1ccc(F)cc1)c1nc(C2CC2)c(CN)s1. The summed E-state index contributed by atoms with van der Waals surface area (Å²) in [4.78, 5) is 8.05. The van der Waals surface area contributed by atoms with Crippen molar-refractivity contribution in [1.29, 1.82) is 0 Å². The van der Waals surface area contributed by atoms with E-state index in [9.17, 15) is 4.39 Å². The Kier molecular flexibility index (Phi) is 3.72. The Morgan fingerprint density at radius 2 is 2.05 bits per heavy atom. The first-order chi connectivity index (χ1) is 9.67.